The number of aryl methyl sites for hydroxylation is 1. The van der Waals surface area contributed by atoms with Crippen molar-refractivity contribution in [2.45, 2.75) is 17.3 Å². The molecule has 1 heterocycles. The molecule has 3 aromatic carbocycles. The van der Waals surface area contributed by atoms with Crippen LogP contribution in [-0.2, 0) is 11.8 Å². The number of benzene rings is 3. The standard InChI is InChI=1S/C24H21FN4OS/c1-16-7-6-10-18(15-16)22-27-28-24(29(22)2)31-21(17-8-4-3-5-9-17)23(30)26-20-13-11-19(25)12-14-20/h3-15,21H,1-2H3,(H,26,30). The van der Waals surface area contributed by atoms with Gasteiger partial charge in [0.25, 0.3) is 0 Å². The fraction of sp³-hybridized carbons (Fsp3) is 0.125. The van der Waals surface area contributed by atoms with Crippen LogP contribution in [0.2, 0.25) is 0 Å². The zero-order valence-electron chi connectivity index (χ0n) is 17.1. The minimum atomic E-state index is -0.556. The molecule has 0 aliphatic carbocycles. The number of anilines is 1. The fourth-order valence-electron chi connectivity index (χ4n) is 3.20. The molecule has 4 aromatic rings. The Bertz CT molecular complexity index is 1190. The second-order valence-corrected chi connectivity index (χ2v) is 8.21. The van der Waals surface area contributed by atoms with E-state index in [1.165, 1.54) is 36.0 Å². The Morgan fingerprint density at radius 3 is 2.45 bits per heavy atom. The first kappa shape index (κ1) is 20.8. The third-order valence-electron chi connectivity index (χ3n) is 4.79. The highest BCUT2D eigenvalue weighted by Gasteiger charge is 2.25. The van der Waals surface area contributed by atoms with E-state index in [0.717, 1.165) is 22.5 Å². The van der Waals surface area contributed by atoms with Gasteiger partial charge in [0.2, 0.25) is 5.91 Å². The second-order valence-electron chi connectivity index (χ2n) is 7.14. The molecule has 5 nitrogen and oxygen atoms in total. The zero-order chi connectivity index (χ0) is 21.8. The van der Waals surface area contributed by atoms with Gasteiger partial charge < -0.3 is 9.88 Å². The van der Waals surface area contributed by atoms with Gasteiger partial charge >= 0.3 is 0 Å². The first-order valence-corrected chi connectivity index (χ1v) is 10.6. The Balaban J connectivity index is 1.63. The van der Waals surface area contributed by atoms with Crippen molar-refractivity contribution >= 4 is 23.4 Å². The van der Waals surface area contributed by atoms with Crippen LogP contribution < -0.4 is 5.32 Å². The second kappa shape index (κ2) is 9.14. The van der Waals surface area contributed by atoms with E-state index in [0.29, 0.717) is 10.8 Å². The SMILES string of the molecule is Cc1cccc(-c2nnc(SC(C(=O)Nc3ccc(F)cc3)c3ccccc3)n2C)c1. The highest BCUT2D eigenvalue weighted by Crippen LogP contribution is 2.36. The van der Waals surface area contributed by atoms with Crippen LogP contribution in [0, 0.1) is 12.7 Å². The molecule has 31 heavy (non-hydrogen) atoms. The van der Waals surface area contributed by atoms with E-state index in [1.54, 1.807) is 0 Å². The third-order valence-corrected chi connectivity index (χ3v) is 6.07. The molecular weight excluding hydrogens is 411 g/mol. The Morgan fingerprint density at radius 2 is 1.74 bits per heavy atom. The van der Waals surface area contributed by atoms with Crippen LogP contribution in [0.5, 0.6) is 0 Å². The van der Waals surface area contributed by atoms with Gasteiger partial charge in [-0.15, -0.1) is 10.2 Å². The van der Waals surface area contributed by atoms with Crippen LogP contribution in [-0.4, -0.2) is 20.7 Å². The van der Waals surface area contributed by atoms with Crippen LogP contribution in [0.1, 0.15) is 16.4 Å². The summed E-state index contributed by atoms with van der Waals surface area (Å²) in [6, 6.07) is 23.3. The molecule has 0 radical (unpaired) electrons. The molecular formula is C24H21FN4OS. The average molecular weight is 433 g/mol. The Kier molecular flexibility index (Phi) is 6.13. The van der Waals surface area contributed by atoms with E-state index < -0.39 is 5.25 Å². The number of hydrogen-bond acceptors (Lipinski definition) is 4. The third kappa shape index (κ3) is 4.83. The maximum Gasteiger partial charge on any atom is 0.242 e. The molecule has 7 heteroatoms. The van der Waals surface area contributed by atoms with Crippen LogP contribution in [0.15, 0.2) is 84.0 Å². The summed E-state index contributed by atoms with van der Waals surface area (Å²) in [5.74, 6) is 0.162. The summed E-state index contributed by atoms with van der Waals surface area (Å²) in [6.07, 6.45) is 0. The van der Waals surface area contributed by atoms with Gasteiger partial charge in [-0.05, 0) is 42.8 Å². The van der Waals surface area contributed by atoms with Gasteiger partial charge in [-0.25, -0.2) is 4.39 Å². The molecule has 1 amide bonds. The number of aromatic nitrogens is 3. The van der Waals surface area contributed by atoms with Gasteiger partial charge in [0.1, 0.15) is 11.1 Å². The molecule has 156 valence electrons. The molecule has 0 saturated heterocycles. The minimum absolute atomic E-state index is 0.220. The van der Waals surface area contributed by atoms with E-state index in [1.807, 2.05) is 73.1 Å². The Morgan fingerprint density at radius 1 is 1.00 bits per heavy atom. The van der Waals surface area contributed by atoms with Crippen molar-refractivity contribution < 1.29 is 9.18 Å². The summed E-state index contributed by atoms with van der Waals surface area (Å²) in [6.45, 7) is 2.03. The fourth-order valence-corrected chi connectivity index (χ4v) is 4.20. The molecule has 0 fully saturated rings. The molecule has 0 aliphatic rings. The number of nitrogens with one attached hydrogen (secondary N) is 1. The molecule has 1 atom stereocenters. The summed E-state index contributed by atoms with van der Waals surface area (Å²) in [5.41, 5.74) is 3.47. The summed E-state index contributed by atoms with van der Waals surface area (Å²) >= 11 is 1.32. The van der Waals surface area contributed by atoms with Gasteiger partial charge in [0.05, 0.1) is 0 Å². The Labute approximate surface area is 184 Å². The molecule has 1 N–H and O–H groups in total. The van der Waals surface area contributed by atoms with Crippen molar-refractivity contribution in [2.75, 3.05) is 5.32 Å². The number of hydrogen-bond donors (Lipinski definition) is 1. The van der Waals surface area contributed by atoms with Crippen LogP contribution in [0.4, 0.5) is 10.1 Å². The lowest BCUT2D eigenvalue weighted by atomic mass is 10.1. The monoisotopic (exact) mass is 432 g/mol. The lowest BCUT2D eigenvalue weighted by Crippen LogP contribution is -2.19. The number of amides is 1. The molecule has 0 bridgehead atoms. The zero-order valence-corrected chi connectivity index (χ0v) is 17.9. The smallest absolute Gasteiger partial charge is 0.242 e. The number of carbonyl (C=O) groups excluding carboxylic acids is 1. The predicted molar refractivity (Wildman–Crippen MR) is 121 cm³/mol. The van der Waals surface area contributed by atoms with E-state index in [4.69, 9.17) is 0 Å². The number of halogens is 1. The molecule has 1 aromatic heterocycles. The van der Waals surface area contributed by atoms with E-state index in [-0.39, 0.29) is 11.7 Å². The van der Waals surface area contributed by atoms with Gasteiger partial charge in [0.15, 0.2) is 11.0 Å². The summed E-state index contributed by atoms with van der Waals surface area (Å²) in [4.78, 5) is 13.2. The van der Waals surface area contributed by atoms with Crippen molar-refractivity contribution in [1.82, 2.24) is 14.8 Å². The molecule has 0 saturated carbocycles. The number of carbonyl (C=O) groups is 1. The molecule has 0 aliphatic heterocycles. The number of nitrogens with zero attached hydrogens (tertiary/aromatic N) is 3. The normalized spacial score (nSPS) is 11.8. The van der Waals surface area contributed by atoms with Crippen molar-refractivity contribution in [2.24, 2.45) is 7.05 Å². The summed E-state index contributed by atoms with van der Waals surface area (Å²) in [7, 11) is 1.89. The molecule has 1 unspecified atom stereocenters. The van der Waals surface area contributed by atoms with Crippen molar-refractivity contribution in [1.29, 1.82) is 0 Å². The van der Waals surface area contributed by atoms with E-state index in [2.05, 4.69) is 15.5 Å². The van der Waals surface area contributed by atoms with Crippen LogP contribution in [0.25, 0.3) is 11.4 Å². The van der Waals surface area contributed by atoms with E-state index >= 15 is 0 Å². The molecule has 4 rings (SSSR count). The topological polar surface area (TPSA) is 59.8 Å². The van der Waals surface area contributed by atoms with Crippen LogP contribution >= 0.6 is 11.8 Å². The van der Waals surface area contributed by atoms with Gasteiger partial charge in [0, 0.05) is 18.3 Å². The lowest BCUT2D eigenvalue weighted by molar-refractivity contribution is -0.115. The van der Waals surface area contributed by atoms with Crippen molar-refractivity contribution in [3.8, 4) is 11.4 Å². The summed E-state index contributed by atoms with van der Waals surface area (Å²) in [5, 5.41) is 11.6. The lowest BCUT2D eigenvalue weighted by Gasteiger charge is -2.16. The number of rotatable bonds is 6. The first-order chi connectivity index (χ1) is 15.0. The molecule has 0 spiro atoms. The van der Waals surface area contributed by atoms with Gasteiger partial charge in [-0.2, -0.15) is 0 Å². The van der Waals surface area contributed by atoms with Crippen LogP contribution in [0.3, 0.4) is 0 Å². The maximum absolute atomic E-state index is 13.2. The largest absolute Gasteiger partial charge is 0.325 e. The number of thioether (sulfide) groups is 1. The highest BCUT2D eigenvalue weighted by atomic mass is 32.2. The first-order valence-electron chi connectivity index (χ1n) is 9.76. The Hall–Kier alpha value is -3.45. The average Bonchev–Trinajstić information content (AvgIpc) is 3.14. The van der Waals surface area contributed by atoms with E-state index in [9.17, 15) is 9.18 Å². The summed E-state index contributed by atoms with van der Waals surface area (Å²) < 4.78 is 15.1. The minimum Gasteiger partial charge on any atom is -0.325 e. The maximum atomic E-state index is 13.2. The van der Waals surface area contributed by atoms with Gasteiger partial charge in [-0.3, -0.25) is 4.79 Å². The van der Waals surface area contributed by atoms with Crippen molar-refractivity contribution in [3.63, 3.8) is 0 Å². The van der Waals surface area contributed by atoms with Crippen molar-refractivity contribution in [3.05, 3.63) is 95.8 Å². The quantitative estimate of drug-likeness (QED) is 0.414. The van der Waals surface area contributed by atoms with Gasteiger partial charge in [-0.1, -0.05) is 65.9 Å². The highest BCUT2D eigenvalue weighted by molar-refractivity contribution is 8.00. The predicted octanol–water partition coefficient (Wildman–Crippen LogP) is 5.40.